The summed E-state index contributed by atoms with van der Waals surface area (Å²) < 4.78 is 26.5. The van der Waals surface area contributed by atoms with Gasteiger partial charge in [0.25, 0.3) is 5.56 Å². The lowest BCUT2D eigenvalue weighted by Crippen LogP contribution is -2.46. The van der Waals surface area contributed by atoms with Crippen molar-refractivity contribution in [1.82, 2.24) is 4.40 Å². The SMILES string of the molecule is Cc1c(N2CCOC(CN)C2)c(F)cn2c(=O)c(OC(=O)O)cc(C3CC3)c12. The fraction of sp³-hybridized carbons (Fsp3) is 0.474. The molecule has 0 aromatic carbocycles. The molecule has 0 radical (unpaired) electrons. The van der Waals surface area contributed by atoms with E-state index in [1.54, 1.807) is 6.92 Å². The fourth-order valence-electron chi connectivity index (χ4n) is 3.94. The molecule has 3 N–H and O–H groups in total. The lowest BCUT2D eigenvalue weighted by Gasteiger charge is -2.35. The molecule has 1 saturated heterocycles. The Labute approximate surface area is 160 Å². The molecule has 0 spiro atoms. The van der Waals surface area contributed by atoms with Crippen LogP contribution in [-0.2, 0) is 4.74 Å². The van der Waals surface area contributed by atoms with Crippen LogP contribution in [0.1, 0.15) is 29.9 Å². The number of ether oxygens (including phenoxy) is 2. The number of anilines is 1. The first-order valence-corrected chi connectivity index (χ1v) is 9.26. The Morgan fingerprint density at radius 3 is 2.86 bits per heavy atom. The molecule has 1 atom stereocenters. The van der Waals surface area contributed by atoms with Gasteiger partial charge in [-0.25, -0.2) is 9.18 Å². The van der Waals surface area contributed by atoms with Crippen LogP contribution in [-0.4, -0.2) is 48.0 Å². The number of carbonyl (C=O) groups is 1. The van der Waals surface area contributed by atoms with Crippen molar-refractivity contribution in [2.24, 2.45) is 5.73 Å². The highest BCUT2D eigenvalue weighted by Gasteiger charge is 2.31. The summed E-state index contributed by atoms with van der Waals surface area (Å²) in [4.78, 5) is 25.5. The monoisotopic (exact) mass is 391 g/mol. The summed E-state index contributed by atoms with van der Waals surface area (Å²) in [6.07, 6.45) is 1.22. The normalized spacial score (nSPS) is 19.8. The number of fused-ring (bicyclic) bond motifs is 1. The van der Waals surface area contributed by atoms with Crippen molar-refractivity contribution >= 4 is 17.4 Å². The molecule has 4 rings (SSSR count). The summed E-state index contributed by atoms with van der Waals surface area (Å²) >= 11 is 0. The molecular formula is C19H22FN3O5. The third-order valence-electron chi connectivity index (χ3n) is 5.34. The van der Waals surface area contributed by atoms with E-state index >= 15 is 4.39 Å². The molecule has 2 fully saturated rings. The van der Waals surface area contributed by atoms with Gasteiger partial charge in [-0.15, -0.1) is 0 Å². The first-order chi connectivity index (χ1) is 13.4. The van der Waals surface area contributed by atoms with Crippen LogP contribution in [0.3, 0.4) is 0 Å². The molecular weight excluding hydrogens is 369 g/mol. The third-order valence-corrected chi connectivity index (χ3v) is 5.34. The average Bonchev–Trinajstić information content (AvgIpc) is 3.49. The van der Waals surface area contributed by atoms with Gasteiger partial charge in [0.1, 0.15) is 0 Å². The van der Waals surface area contributed by atoms with E-state index in [9.17, 15) is 9.59 Å². The van der Waals surface area contributed by atoms with E-state index in [1.807, 2.05) is 4.90 Å². The molecule has 2 aromatic rings. The maximum atomic E-state index is 15.1. The quantitative estimate of drug-likeness (QED) is 0.766. The van der Waals surface area contributed by atoms with E-state index in [-0.39, 0.29) is 17.8 Å². The number of aryl methyl sites for hydroxylation is 1. The highest BCUT2D eigenvalue weighted by molar-refractivity contribution is 5.74. The predicted molar refractivity (Wildman–Crippen MR) is 100.0 cm³/mol. The average molecular weight is 391 g/mol. The molecule has 2 aliphatic rings. The highest BCUT2D eigenvalue weighted by Crippen LogP contribution is 2.44. The number of carboxylic acid groups (broad SMARTS) is 1. The van der Waals surface area contributed by atoms with E-state index in [2.05, 4.69) is 4.74 Å². The maximum absolute atomic E-state index is 15.1. The van der Waals surface area contributed by atoms with Crippen molar-refractivity contribution in [3.63, 3.8) is 0 Å². The van der Waals surface area contributed by atoms with Crippen molar-refractivity contribution in [2.45, 2.75) is 31.8 Å². The van der Waals surface area contributed by atoms with Crippen molar-refractivity contribution in [1.29, 1.82) is 0 Å². The van der Waals surface area contributed by atoms with E-state index in [1.165, 1.54) is 10.5 Å². The third kappa shape index (κ3) is 3.20. The summed E-state index contributed by atoms with van der Waals surface area (Å²) in [5.74, 6) is -0.669. The Kier molecular flexibility index (Phi) is 4.72. The van der Waals surface area contributed by atoms with Crippen LogP contribution in [0.25, 0.3) is 5.52 Å². The Morgan fingerprint density at radius 2 is 2.21 bits per heavy atom. The van der Waals surface area contributed by atoms with E-state index < -0.39 is 17.5 Å². The number of halogens is 1. The van der Waals surface area contributed by atoms with Crippen molar-refractivity contribution in [2.75, 3.05) is 31.1 Å². The van der Waals surface area contributed by atoms with Crippen molar-refractivity contribution < 1.29 is 23.8 Å². The lowest BCUT2D eigenvalue weighted by molar-refractivity contribution is 0.0463. The van der Waals surface area contributed by atoms with Gasteiger partial charge in [0, 0.05) is 19.6 Å². The molecule has 150 valence electrons. The van der Waals surface area contributed by atoms with Gasteiger partial charge < -0.3 is 25.2 Å². The summed E-state index contributed by atoms with van der Waals surface area (Å²) in [5, 5.41) is 8.91. The van der Waals surface area contributed by atoms with E-state index in [4.69, 9.17) is 15.6 Å². The van der Waals surface area contributed by atoms with Crippen LogP contribution in [0.2, 0.25) is 0 Å². The topological polar surface area (TPSA) is 107 Å². The van der Waals surface area contributed by atoms with Crippen LogP contribution >= 0.6 is 0 Å². The zero-order valence-corrected chi connectivity index (χ0v) is 15.5. The lowest BCUT2D eigenvalue weighted by atomic mass is 10.0. The minimum absolute atomic E-state index is 0.180. The molecule has 1 aliphatic carbocycles. The van der Waals surface area contributed by atoms with Crippen molar-refractivity contribution in [3.05, 3.63) is 39.6 Å². The molecule has 8 nitrogen and oxygen atoms in total. The number of nitrogens with zero attached hydrogens (tertiary/aromatic N) is 2. The molecule has 0 bridgehead atoms. The van der Waals surface area contributed by atoms with Crippen LogP contribution in [0, 0.1) is 12.7 Å². The zero-order valence-electron chi connectivity index (χ0n) is 15.5. The maximum Gasteiger partial charge on any atom is 0.511 e. The smallest absolute Gasteiger partial charge is 0.449 e. The number of pyridine rings is 2. The van der Waals surface area contributed by atoms with E-state index in [0.29, 0.717) is 43.0 Å². The molecule has 28 heavy (non-hydrogen) atoms. The van der Waals surface area contributed by atoms with Crippen LogP contribution in [0.4, 0.5) is 14.9 Å². The summed E-state index contributed by atoms with van der Waals surface area (Å²) in [5.41, 5.74) is 7.48. The number of aromatic nitrogens is 1. The second-order valence-corrected chi connectivity index (χ2v) is 7.26. The first kappa shape index (κ1) is 18.7. The number of hydrogen-bond acceptors (Lipinski definition) is 6. The van der Waals surface area contributed by atoms with Gasteiger partial charge >= 0.3 is 6.16 Å². The van der Waals surface area contributed by atoms with Gasteiger partial charge in [-0.1, -0.05) is 0 Å². The molecule has 1 unspecified atom stereocenters. The molecule has 9 heteroatoms. The Hall–Kier alpha value is -2.65. The second-order valence-electron chi connectivity index (χ2n) is 7.26. The van der Waals surface area contributed by atoms with Gasteiger partial charge in [-0.3, -0.25) is 9.20 Å². The molecule has 1 aliphatic heterocycles. The van der Waals surface area contributed by atoms with Gasteiger partial charge in [0.2, 0.25) is 0 Å². The van der Waals surface area contributed by atoms with Crippen LogP contribution < -0.4 is 20.9 Å². The molecule has 2 aromatic heterocycles. The number of hydrogen-bond donors (Lipinski definition) is 2. The largest absolute Gasteiger partial charge is 0.511 e. The van der Waals surface area contributed by atoms with Gasteiger partial charge in [-0.05, 0) is 42.9 Å². The van der Waals surface area contributed by atoms with Crippen LogP contribution in [0.5, 0.6) is 5.75 Å². The fourth-order valence-corrected chi connectivity index (χ4v) is 3.94. The Morgan fingerprint density at radius 1 is 1.46 bits per heavy atom. The molecule has 0 amide bonds. The summed E-state index contributed by atoms with van der Waals surface area (Å²) in [6.45, 7) is 3.55. The number of nitrogens with two attached hydrogens (primary N) is 1. The Balaban J connectivity index is 1.91. The molecule has 1 saturated carbocycles. The van der Waals surface area contributed by atoms with Crippen LogP contribution in [0.15, 0.2) is 17.1 Å². The predicted octanol–water partition coefficient (Wildman–Crippen LogP) is 1.85. The van der Waals surface area contributed by atoms with Gasteiger partial charge in [0.15, 0.2) is 11.6 Å². The van der Waals surface area contributed by atoms with Crippen molar-refractivity contribution in [3.8, 4) is 5.75 Å². The minimum Gasteiger partial charge on any atom is -0.449 e. The number of morpholine rings is 1. The first-order valence-electron chi connectivity index (χ1n) is 9.26. The summed E-state index contributed by atoms with van der Waals surface area (Å²) in [7, 11) is 0. The second kappa shape index (κ2) is 7.06. The minimum atomic E-state index is -1.58. The zero-order chi connectivity index (χ0) is 20.0. The molecule has 3 heterocycles. The van der Waals surface area contributed by atoms with Gasteiger partial charge in [-0.2, -0.15) is 0 Å². The van der Waals surface area contributed by atoms with Gasteiger partial charge in [0.05, 0.1) is 30.1 Å². The standard InChI is InChI=1S/C19H22FN3O5/c1-10-16-13(11-2-3-11)6-15(28-19(25)26)18(24)23(16)9-14(20)17(10)22-4-5-27-12(7-21)8-22/h6,9,11-12H,2-5,7-8,21H2,1H3,(H,25,26). The summed E-state index contributed by atoms with van der Waals surface area (Å²) in [6, 6.07) is 1.49. The Bertz CT molecular complexity index is 1000. The van der Waals surface area contributed by atoms with E-state index in [0.717, 1.165) is 24.6 Å². The highest BCUT2D eigenvalue weighted by atomic mass is 19.1. The number of rotatable bonds is 4.